The van der Waals surface area contributed by atoms with Crippen molar-refractivity contribution in [1.82, 2.24) is 4.90 Å². The van der Waals surface area contributed by atoms with Crippen LogP contribution in [0.25, 0.3) is 5.76 Å². The molecular weight excluding hydrogens is 398 g/mol. The van der Waals surface area contributed by atoms with Crippen LogP contribution in [0.1, 0.15) is 34.7 Å². The van der Waals surface area contributed by atoms with Gasteiger partial charge in [-0.05, 0) is 49.6 Å². The molecule has 7 heteroatoms. The summed E-state index contributed by atoms with van der Waals surface area (Å²) in [5.74, 6) is -1.48. The minimum absolute atomic E-state index is 0.0175. The van der Waals surface area contributed by atoms with Gasteiger partial charge in [-0.3, -0.25) is 9.59 Å². The lowest BCUT2D eigenvalue weighted by atomic mass is 9.93. The van der Waals surface area contributed by atoms with Crippen LogP contribution in [0.5, 0.6) is 11.5 Å². The van der Waals surface area contributed by atoms with Crippen LogP contribution in [0, 0.1) is 13.8 Å². The van der Waals surface area contributed by atoms with E-state index in [4.69, 9.17) is 9.47 Å². The highest BCUT2D eigenvalue weighted by Crippen LogP contribution is 2.42. The molecule has 1 aliphatic rings. The lowest BCUT2D eigenvalue weighted by Crippen LogP contribution is -2.31. The number of aryl methyl sites for hydroxylation is 2. The molecule has 31 heavy (non-hydrogen) atoms. The summed E-state index contributed by atoms with van der Waals surface area (Å²) in [7, 11) is 2.99. The molecule has 0 radical (unpaired) electrons. The van der Waals surface area contributed by atoms with Crippen LogP contribution >= 0.6 is 0 Å². The minimum Gasteiger partial charge on any atom is -0.507 e. The number of hydrogen-bond acceptors (Lipinski definition) is 6. The zero-order valence-corrected chi connectivity index (χ0v) is 18.1. The first-order chi connectivity index (χ1) is 14.8. The Morgan fingerprint density at radius 2 is 1.84 bits per heavy atom. The van der Waals surface area contributed by atoms with Crippen LogP contribution in [0.3, 0.4) is 0 Å². The third-order valence-electron chi connectivity index (χ3n) is 5.46. The summed E-state index contributed by atoms with van der Waals surface area (Å²) in [5.41, 5.74) is 2.78. The number of aromatic hydroxyl groups is 1. The van der Waals surface area contributed by atoms with E-state index in [0.717, 1.165) is 11.1 Å². The molecule has 0 saturated carbocycles. The van der Waals surface area contributed by atoms with E-state index >= 15 is 0 Å². The number of methoxy groups -OCH3 is 2. The molecule has 1 saturated heterocycles. The van der Waals surface area contributed by atoms with Gasteiger partial charge in [-0.15, -0.1) is 0 Å². The Labute approximate surface area is 181 Å². The van der Waals surface area contributed by atoms with E-state index in [2.05, 4.69) is 0 Å². The molecule has 2 N–H and O–H groups in total. The maximum Gasteiger partial charge on any atom is 0.295 e. The molecule has 1 heterocycles. The fourth-order valence-electron chi connectivity index (χ4n) is 3.84. The van der Waals surface area contributed by atoms with Crippen molar-refractivity contribution in [2.24, 2.45) is 0 Å². The predicted octanol–water partition coefficient (Wildman–Crippen LogP) is 3.48. The van der Waals surface area contributed by atoms with Gasteiger partial charge in [-0.25, -0.2) is 0 Å². The Bertz CT molecular complexity index is 1040. The van der Waals surface area contributed by atoms with Gasteiger partial charge in [0.05, 0.1) is 18.7 Å². The summed E-state index contributed by atoms with van der Waals surface area (Å²) >= 11 is 0. The summed E-state index contributed by atoms with van der Waals surface area (Å²) in [6.45, 7) is 4.42. The number of benzene rings is 2. The van der Waals surface area contributed by atoms with E-state index in [1.807, 2.05) is 26.0 Å². The second kappa shape index (κ2) is 9.22. The smallest absolute Gasteiger partial charge is 0.295 e. The van der Waals surface area contributed by atoms with E-state index in [0.29, 0.717) is 24.2 Å². The molecule has 2 aromatic rings. The Balaban J connectivity index is 2.20. The number of ether oxygens (including phenoxy) is 2. The van der Waals surface area contributed by atoms with Crippen molar-refractivity contribution in [2.75, 3.05) is 27.4 Å². The zero-order valence-electron chi connectivity index (χ0n) is 18.1. The molecular formula is C24H27NO6. The third-order valence-corrected chi connectivity index (χ3v) is 5.46. The minimum atomic E-state index is -0.814. The molecule has 1 unspecified atom stereocenters. The number of phenols is 1. The molecule has 2 aromatic carbocycles. The van der Waals surface area contributed by atoms with Crippen molar-refractivity contribution in [2.45, 2.75) is 26.3 Å². The third kappa shape index (κ3) is 4.27. The Hall–Kier alpha value is -3.32. The largest absolute Gasteiger partial charge is 0.507 e. The maximum atomic E-state index is 13.0. The van der Waals surface area contributed by atoms with Crippen molar-refractivity contribution in [1.29, 1.82) is 0 Å². The standard InChI is InChI=1S/C24H27NO6/c1-14-6-7-15(2)17(12-14)22(27)20-21(16-8-9-18(26)19(13-16)31-4)25(10-5-11-30-3)24(29)23(20)28/h6-9,12-13,21,26-27H,5,10-11H2,1-4H3/b22-20+. The second-order valence-corrected chi connectivity index (χ2v) is 7.59. The van der Waals surface area contributed by atoms with Gasteiger partial charge in [0.1, 0.15) is 5.76 Å². The lowest BCUT2D eigenvalue weighted by molar-refractivity contribution is -0.140. The fraction of sp³-hybridized carbons (Fsp3) is 0.333. The van der Waals surface area contributed by atoms with Crippen molar-refractivity contribution < 1.29 is 29.3 Å². The van der Waals surface area contributed by atoms with E-state index < -0.39 is 17.7 Å². The van der Waals surface area contributed by atoms with Gasteiger partial charge in [0.2, 0.25) is 0 Å². The summed E-state index contributed by atoms with van der Waals surface area (Å²) in [6.07, 6.45) is 0.527. The molecule has 7 nitrogen and oxygen atoms in total. The number of nitrogens with zero attached hydrogens (tertiary/aromatic N) is 1. The maximum absolute atomic E-state index is 13.0. The van der Waals surface area contributed by atoms with Gasteiger partial charge >= 0.3 is 0 Å². The van der Waals surface area contributed by atoms with E-state index in [9.17, 15) is 19.8 Å². The van der Waals surface area contributed by atoms with Gasteiger partial charge < -0.3 is 24.6 Å². The number of hydrogen-bond donors (Lipinski definition) is 2. The molecule has 1 amide bonds. The van der Waals surface area contributed by atoms with E-state index in [1.54, 1.807) is 25.3 Å². The number of amides is 1. The molecule has 164 valence electrons. The van der Waals surface area contributed by atoms with Crippen LogP contribution in [0.4, 0.5) is 0 Å². The molecule has 1 atom stereocenters. The molecule has 0 aliphatic carbocycles. The van der Waals surface area contributed by atoms with Gasteiger partial charge in [-0.2, -0.15) is 0 Å². The average Bonchev–Trinajstić information content (AvgIpc) is 3.00. The number of likely N-dealkylation sites (tertiary alicyclic amines) is 1. The van der Waals surface area contributed by atoms with Gasteiger partial charge in [0.15, 0.2) is 11.5 Å². The Kier molecular flexibility index (Phi) is 6.65. The normalized spacial score (nSPS) is 17.9. The molecule has 0 spiro atoms. The summed E-state index contributed by atoms with van der Waals surface area (Å²) in [4.78, 5) is 27.4. The topological polar surface area (TPSA) is 96.3 Å². The molecule has 1 fully saturated rings. The van der Waals surface area contributed by atoms with Crippen LogP contribution in [0.15, 0.2) is 42.0 Å². The number of aliphatic hydroxyl groups excluding tert-OH is 1. The first-order valence-electron chi connectivity index (χ1n) is 10.0. The number of carbonyl (C=O) groups is 2. The number of carbonyl (C=O) groups excluding carboxylic acids is 2. The number of ketones is 1. The Morgan fingerprint density at radius 3 is 2.52 bits per heavy atom. The predicted molar refractivity (Wildman–Crippen MR) is 116 cm³/mol. The van der Waals surface area contributed by atoms with Crippen molar-refractivity contribution in [3.05, 3.63) is 64.2 Å². The van der Waals surface area contributed by atoms with Crippen molar-refractivity contribution >= 4 is 17.4 Å². The average molecular weight is 425 g/mol. The quantitative estimate of drug-likeness (QED) is 0.305. The number of rotatable bonds is 7. The van der Waals surface area contributed by atoms with Crippen LogP contribution in [0.2, 0.25) is 0 Å². The van der Waals surface area contributed by atoms with Crippen molar-refractivity contribution in [3.8, 4) is 11.5 Å². The second-order valence-electron chi connectivity index (χ2n) is 7.59. The van der Waals surface area contributed by atoms with Crippen LogP contribution < -0.4 is 4.74 Å². The summed E-state index contributed by atoms with van der Waals surface area (Å²) in [5, 5.41) is 21.2. The summed E-state index contributed by atoms with van der Waals surface area (Å²) < 4.78 is 10.3. The monoisotopic (exact) mass is 425 g/mol. The van der Waals surface area contributed by atoms with E-state index in [-0.39, 0.29) is 29.4 Å². The summed E-state index contributed by atoms with van der Waals surface area (Å²) in [6, 6.07) is 9.39. The number of Topliss-reactive ketones (excluding diaryl/α,β-unsaturated/α-hetero) is 1. The van der Waals surface area contributed by atoms with Gasteiger partial charge in [0.25, 0.3) is 11.7 Å². The van der Waals surface area contributed by atoms with Crippen LogP contribution in [-0.2, 0) is 14.3 Å². The zero-order chi connectivity index (χ0) is 22.7. The van der Waals surface area contributed by atoms with Gasteiger partial charge in [0, 0.05) is 25.8 Å². The first-order valence-corrected chi connectivity index (χ1v) is 10.0. The van der Waals surface area contributed by atoms with Crippen molar-refractivity contribution in [3.63, 3.8) is 0 Å². The molecule has 3 rings (SSSR count). The molecule has 0 bridgehead atoms. The highest BCUT2D eigenvalue weighted by Gasteiger charge is 2.46. The molecule has 1 aliphatic heterocycles. The highest BCUT2D eigenvalue weighted by molar-refractivity contribution is 6.46. The molecule has 0 aromatic heterocycles. The number of aliphatic hydroxyl groups is 1. The lowest BCUT2D eigenvalue weighted by Gasteiger charge is -2.26. The van der Waals surface area contributed by atoms with Crippen LogP contribution in [-0.4, -0.2) is 54.2 Å². The number of phenolic OH excluding ortho intramolecular Hbond substituents is 1. The van der Waals surface area contributed by atoms with E-state index in [1.165, 1.54) is 18.1 Å². The Morgan fingerprint density at radius 1 is 1.10 bits per heavy atom. The highest BCUT2D eigenvalue weighted by atomic mass is 16.5. The SMILES string of the molecule is COCCCN1C(=O)C(=O)/C(=C(/O)c2cc(C)ccc2C)C1c1ccc(O)c(OC)c1. The fourth-order valence-corrected chi connectivity index (χ4v) is 3.84. The first kappa shape index (κ1) is 22.4. The van der Waals surface area contributed by atoms with Gasteiger partial charge in [-0.1, -0.05) is 23.8 Å².